The molecule has 5 nitrogen and oxygen atoms in total. The van der Waals surface area contributed by atoms with Gasteiger partial charge in [0.25, 0.3) is 0 Å². The van der Waals surface area contributed by atoms with E-state index in [1.165, 1.54) is 0 Å². The van der Waals surface area contributed by atoms with Crippen LogP contribution in [0, 0.1) is 0 Å². The minimum atomic E-state index is -0.412. The van der Waals surface area contributed by atoms with Gasteiger partial charge in [0.15, 0.2) is 0 Å². The number of rotatable bonds is 8. The number of benzene rings is 1. The molecule has 1 aliphatic carbocycles. The van der Waals surface area contributed by atoms with Gasteiger partial charge in [-0.1, -0.05) is 0 Å². The average molecular weight is 279 g/mol. The van der Waals surface area contributed by atoms with Gasteiger partial charge in [0, 0.05) is 6.04 Å². The Morgan fingerprint density at radius 2 is 1.95 bits per heavy atom. The van der Waals surface area contributed by atoms with E-state index in [1.807, 2.05) is 24.3 Å². The largest absolute Gasteiger partial charge is 0.497 e. The van der Waals surface area contributed by atoms with E-state index in [1.54, 1.807) is 14.0 Å². The van der Waals surface area contributed by atoms with Crippen molar-refractivity contribution in [3.8, 4) is 11.5 Å². The van der Waals surface area contributed by atoms with Crippen LogP contribution in [0.5, 0.6) is 11.5 Å². The molecule has 1 N–H and O–H groups in total. The van der Waals surface area contributed by atoms with Crippen molar-refractivity contribution in [3.63, 3.8) is 0 Å². The molecular weight excluding hydrogens is 258 g/mol. The lowest BCUT2D eigenvalue weighted by Gasteiger charge is -2.17. The van der Waals surface area contributed by atoms with Crippen molar-refractivity contribution >= 4 is 5.97 Å². The van der Waals surface area contributed by atoms with Crippen LogP contribution in [-0.4, -0.2) is 38.4 Å². The summed E-state index contributed by atoms with van der Waals surface area (Å²) in [7, 11) is 1.62. The number of nitrogens with one attached hydrogen (secondary N) is 1. The SMILES string of the molecule is CCOC(=O)C(COc1ccc(OC)cc1)NC1CC1. The van der Waals surface area contributed by atoms with Gasteiger partial charge in [0.05, 0.1) is 13.7 Å². The number of hydrogen-bond donors (Lipinski definition) is 1. The first-order valence-electron chi connectivity index (χ1n) is 6.92. The molecule has 110 valence electrons. The second kappa shape index (κ2) is 7.14. The van der Waals surface area contributed by atoms with Crippen molar-refractivity contribution in [3.05, 3.63) is 24.3 Å². The summed E-state index contributed by atoms with van der Waals surface area (Å²) in [6, 6.07) is 7.29. The van der Waals surface area contributed by atoms with Gasteiger partial charge in [-0.25, -0.2) is 0 Å². The fourth-order valence-electron chi connectivity index (χ4n) is 1.81. The first-order valence-corrected chi connectivity index (χ1v) is 6.92. The van der Waals surface area contributed by atoms with Gasteiger partial charge >= 0.3 is 5.97 Å². The summed E-state index contributed by atoms with van der Waals surface area (Å²) >= 11 is 0. The van der Waals surface area contributed by atoms with Gasteiger partial charge < -0.3 is 14.2 Å². The summed E-state index contributed by atoms with van der Waals surface area (Å²) in [6.07, 6.45) is 2.22. The van der Waals surface area contributed by atoms with Crippen LogP contribution in [0.2, 0.25) is 0 Å². The van der Waals surface area contributed by atoms with E-state index >= 15 is 0 Å². The maximum Gasteiger partial charge on any atom is 0.326 e. The molecule has 1 saturated carbocycles. The van der Waals surface area contributed by atoms with Gasteiger partial charge in [0.2, 0.25) is 0 Å². The molecule has 5 heteroatoms. The molecule has 20 heavy (non-hydrogen) atoms. The van der Waals surface area contributed by atoms with E-state index in [4.69, 9.17) is 14.2 Å². The van der Waals surface area contributed by atoms with Crippen molar-refractivity contribution < 1.29 is 19.0 Å². The third-order valence-electron chi connectivity index (χ3n) is 3.06. The lowest BCUT2D eigenvalue weighted by Crippen LogP contribution is -2.43. The molecule has 1 aromatic rings. The molecule has 0 aliphatic heterocycles. The highest BCUT2D eigenvalue weighted by molar-refractivity contribution is 5.76. The Balaban J connectivity index is 1.87. The van der Waals surface area contributed by atoms with Crippen molar-refractivity contribution in [2.24, 2.45) is 0 Å². The van der Waals surface area contributed by atoms with E-state index < -0.39 is 6.04 Å². The summed E-state index contributed by atoms with van der Waals surface area (Å²) < 4.78 is 15.8. The number of methoxy groups -OCH3 is 1. The summed E-state index contributed by atoms with van der Waals surface area (Å²) in [4.78, 5) is 11.8. The molecule has 1 aliphatic rings. The van der Waals surface area contributed by atoms with Crippen LogP contribution in [0.15, 0.2) is 24.3 Å². The van der Waals surface area contributed by atoms with Gasteiger partial charge in [-0.3, -0.25) is 10.1 Å². The fourth-order valence-corrected chi connectivity index (χ4v) is 1.81. The molecule has 0 amide bonds. The van der Waals surface area contributed by atoms with Gasteiger partial charge in [-0.05, 0) is 44.0 Å². The first-order chi connectivity index (χ1) is 9.72. The van der Waals surface area contributed by atoms with Crippen molar-refractivity contribution in [2.45, 2.75) is 31.8 Å². The monoisotopic (exact) mass is 279 g/mol. The lowest BCUT2D eigenvalue weighted by molar-refractivity contribution is -0.146. The normalized spacial score (nSPS) is 15.5. The van der Waals surface area contributed by atoms with Gasteiger partial charge in [-0.2, -0.15) is 0 Å². The Morgan fingerprint density at radius 1 is 1.30 bits per heavy atom. The predicted octanol–water partition coefficient (Wildman–Crippen LogP) is 1.76. The third kappa shape index (κ3) is 4.42. The zero-order valence-corrected chi connectivity index (χ0v) is 11.9. The van der Waals surface area contributed by atoms with E-state index in [-0.39, 0.29) is 12.6 Å². The van der Waals surface area contributed by atoms with Crippen LogP contribution in [0.1, 0.15) is 19.8 Å². The fraction of sp³-hybridized carbons (Fsp3) is 0.533. The smallest absolute Gasteiger partial charge is 0.326 e. The number of esters is 1. The van der Waals surface area contributed by atoms with Gasteiger partial charge in [0.1, 0.15) is 24.1 Å². The summed E-state index contributed by atoms with van der Waals surface area (Å²) in [5, 5.41) is 3.24. The summed E-state index contributed by atoms with van der Waals surface area (Å²) in [5.41, 5.74) is 0. The van der Waals surface area contributed by atoms with Gasteiger partial charge in [-0.15, -0.1) is 0 Å². The van der Waals surface area contributed by atoms with E-state index in [9.17, 15) is 4.79 Å². The third-order valence-corrected chi connectivity index (χ3v) is 3.06. The highest BCUT2D eigenvalue weighted by atomic mass is 16.5. The molecule has 2 rings (SSSR count). The predicted molar refractivity (Wildman–Crippen MR) is 75.1 cm³/mol. The molecule has 0 saturated heterocycles. The minimum Gasteiger partial charge on any atom is -0.497 e. The van der Waals surface area contributed by atoms with Crippen LogP contribution in [0.25, 0.3) is 0 Å². The minimum absolute atomic E-state index is 0.257. The Bertz CT molecular complexity index is 428. The number of carbonyl (C=O) groups is 1. The first kappa shape index (κ1) is 14.7. The zero-order valence-electron chi connectivity index (χ0n) is 11.9. The second-order valence-electron chi connectivity index (χ2n) is 4.73. The Labute approximate surface area is 119 Å². The standard InChI is InChI=1S/C15H21NO4/c1-3-19-15(17)14(16-11-4-5-11)10-20-13-8-6-12(18-2)7-9-13/h6-9,11,14,16H,3-5,10H2,1-2H3. The molecule has 0 heterocycles. The molecular formula is C15H21NO4. The number of carbonyl (C=O) groups excluding carboxylic acids is 1. The summed E-state index contributed by atoms with van der Waals surface area (Å²) in [6.45, 7) is 2.45. The highest BCUT2D eigenvalue weighted by Gasteiger charge is 2.29. The van der Waals surface area contributed by atoms with Crippen molar-refractivity contribution in [2.75, 3.05) is 20.3 Å². The molecule has 1 atom stereocenters. The lowest BCUT2D eigenvalue weighted by atomic mass is 10.3. The highest BCUT2D eigenvalue weighted by Crippen LogP contribution is 2.21. The molecule has 1 aromatic carbocycles. The van der Waals surface area contributed by atoms with Crippen molar-refractivity contribution in [1.29, 1.82) is 0 Å². The van der Waals surface area contributed by atoms with Crippen LogP contribution < -0.4 is 14.8 Å². The Kier molecular flexibility index (Phi) is 5.24. The molecule has 0 bridgehead atoms. The second-order valence-corrected chi connectivity index (χ2v) is 4.73. The Morgan fingerprint density at radius 3 is 2.50 bits per heavy atom. The molecule has 0 aromatic heterocycles. The number of hydrogen-bond acceptors (Lipinski definition) is 5. The van der Waals surface area contributed by atoms with E-state index in [0.29, 0.717) is 18.4 Å². The molecule has 0 spiro atoms. The molecule has 1 unspecified atom stereocenters. The maximum atomic E-state index is 11.8. The van der Waals surface area contributed by atoms with Crippen LogP contribution >= 0.6 is 0 Å². The molecule has 1 fully saturated rings. The topological polar surface area (TPSA) is 56.8 Å². The maximum absolute atomic E-state index is 11.8. The zero-order chi connectivity index (χ0) is 14.4. The van der Waals surface area contributed by atoms with Crippen molar-refractivity contribution in [1.82, 2.24) is 5.32 Å². The van der Waals surface area contributed by atoms with Crippen LogP contribution in [0.3, 0.4) is 0 Å². The quantitative estimate of drug-likeness (QED) is 0.735. The molecule has 0 radical (unpaired) electrons. The average Bonchev–Trinajstić information content (AvgIpc) is 3.28. The summed E-state index contributed by atoms with van der Waals surface area (Å²) in [5.74, 6) is 1.22. The van der Waals surface area contributed by atoms with E-state index in [0.717, 1.165) is 18.6 Å². The van der Waals surface area contributed by atoms with Crippen LogP contribution in [0.4, 0.5) is 0 Å². The number of ether oxygens (including phenoxy) is 3. The Hall–Kier alpha value is -1.75. The van der Waals surface area contributed by atoms with E-state index in [2.05, 4.69) is 5.32 Å². The van der Waals surface area contributed by atoms with Crippen LogP contribution in [-0.2, 0) is 9.53 Å².